The van der Waals surface area contributed by atoms with Gasteiger partial charge in [-0.25, -0.2) is 0 Å². The van der Waals surface area contributed by atoms with Crippen LogP contribution >= 0.6 is 0 Å². The third-order valence-corrected chi connectivity index (χ3v) is 7.22. The van der Waals surface area contributed by atoms with Gasteiger partial charge in [0.1, 0.15) is 0 Å². The number of hydrogen-bond donors (Lipinski definition) is 1. The molecule has 1 amide bonds. The summed E-state index contributed by atoms with van der Waals surface area (Å²) >= 11 is -0.699. The van der Waals surface area contributed by atoms with E-state index >= 15 is 0 Å². The number of nitrogens with zero attached hydrogens (tertiary/aromatic N) is 4. The van der Waals surface area contributed by atoms with Crippen LogP contribution < -0.4 is 19.4 Å². The molecule has 2 heterocycles. The molecule has 4 rings (SSSR count). The Morgan fingerprint density at radius 3 is 2.53 bits per heavy atom. The molecule has 1 radical (unpaired) electrons. The summed E-state index contributed by atoms with van der Waals surface area (Å²) in [7, 11) is 3.02. The van der Waals surface area contributed by atoms with Crippen molar-refractivity contribution in [3.63, 3.8) is 0 Å². The van der Waals surface area contributed by atoms with E-state index in [2.05, 4.69) is 15.3 Å². The van der Waals surface area contributed by atoms with Gasteiger partial charge in [-0.05, 0) is 0 Å². The van der Waals surface area contributed by atoms with Gasteiger partial charge >= 0.3 is 200 Å². The van der Waals surface area contributed by atoms with E-state index in [4.69, 9.17) is 4.74 Å². The number of rotatable bonds is 7. The van der Waals surface area contributed by atoms with Gasteiger partial charge in [0.25, 0.3) is 0 Å². The number of benzene rings is 2. The van der Waals surface area contributed by atoms with Gasteiger partial charge in [-0.3, -0.25) is 0 Å². The summed E-state index contributed by atoms with van der Waals surface area (Å²) in [6.45, 7) is 1.68. The van der Waals surface area contributed by atoms with Crippen molar-refractivity contribution in [2.75, 3.05) is 25.7 Å². The molecule has 0 saturated heterocycles. The van der Waals surface area contributed by atoms with E-state index in [1.165, 1.54) is 28.8 Å². The molecule has 0 atom stereocenters. The predicted molar refractivity (Wildman–Crippen MR) is 125 cm³/mol. The zero-order chi connectivity index (χ0) is 24.4. The first-order valence-corrected chi connectivity index (χ1v) is 12.1. The summed E-state index contributed by atoms with van der Waals surface area (Å²) in [6, 6.07) is 10.1. The number of aryl methyl sites for hydroxylation is 1. The molecular weight excluding hydrogens is 507 g/mol. The van der Waals surface area contributed by atoms with E-state index in [-0.39, 0.29) is 24.6 Å². The van der Waals surface area contributed by atoms with Crippen molar-refractivity contribution in [1.29, 1.82) is 0 Å². The maximum absolute atomic E-state index is 13.7. The van der Waals surface area contributed by atoms with Gasteiger partial charge < -0.3 is 0 Å². The van der Waals surface area contributed by atoms with E-state index in [1.807, 2.05) is 13.0 Å². The number of hydrogen-bond acceptors (Lipinski definition) is 5. The van der Waals surface area contributed by atoms with Crippen LogP contribution in [0.15, 0.2) is 47.3 Å². The van der Waals surface area contributed by atoms with Crippen LogP contribution in [0.25, 0.3) is 10.8 Å². The Labute approximate surface area is 200 Å². The molecule has 34 heavy (non-hydrogen) atoms. The average Bonchev–Trinajstić information content (AvgIpc) is 3.20. The zero-order valence-electron chi connectivity index (χ0n) is 18.7. The van der Waals surface area contributed by atoms with Crippen molar-refractivity contribution in [2.45, 2.75) is 13.5 Å². The summed E-state index contributed by atoms with van der Waals surface area (Å²) < 4.78 is 35.1. The fourth-order valence-electron chi connectivity index (χ4n) is 3.46. The van der Waals surface area contributed by atoms with Crippen molar-refractivity contribution in [3.05, 3.63) is 75.7 Å². The van der Waals surface area contributed by atoms with Crippen molar-refractivity contribution in [1.82, 2.24) is 20.0 Å². The minimum absolute atomic E-state index is 0.103. The van der Waals surface area contributed by atoms with Crippen LogP contribution in [-0.4, -0.2) is 62.4 Å². The van der Waals surface area contributed by atoms with Crippen molar-refractivity contribution < 1.29 is 18.3 Å². The number of H-pyrrole nitrogens is 1. The molecule has 11 heteroatoms. The van der Waals surface area contributed by atoms with E-state index in [1.54, 1.807) is 25.2 Å². The molecule has 0 saturated carbocycles. The Hall–Kier alpha value is -3.36. The number of ether oxygens (including phenoxy) is 1. The van der Waals surface area contributed by atoms with Gasteiger partial charge in [-0.15, -0.1) is 0 Å². The molecule has 0 aliphatic rings. The predicted octanol–water partition coefficient (Wildman–Crippen LogP) is 1.02. The quantitative estimate of drug-likeness (QED) is 0.362. The van der Waals surface area contributed by atoms with Crippen molar-refractivity contribution in [3.8, 4) is 0 Å². The number of aromatic nitrogens is 4. The van der Waals surface area contributed by atoms with Crippen LogP contribution in [-0.2, 0) is 16.1 Å². The van der Waals surface area contributed by atoms with E-state index in [0.29, 0.717) is 20.9 Å². The van der Waals surface area contributed by atoms with Crippen LogP contribution in [0.2, 0.25) is 0 Å². The summed E-state index contributed by atoms with van der Waals surface area (Å²) in [5, 5.41) is 12.7. The Balaban J connectivity index is 1.85. The van der Waals surface area contributed by atoms with Gasteiger partial charge in [-0.2, -0.15) is 0 Å². The van der Waals surface area contributed by atoms with Crippen LogP contribution in [0.5, 0.6) is 0 Å². The Bertz CT molecular complexity index is 1420. The average molecular weight is 528 g/mol. The molecule has 0 fully saturated rings. The molecule has 0 spiro atoms. The molecule has 0 unspecified atom stereocenters. The second kappa shape index (κ2) is 9.87. The first-order chi connectivity index (χ1) is 16.2. The van der Waals surface area contributed by atoms with Gasteiger partial charge in [-0.1, -0.05) is 0 Å². The topological polar surface area (TPSA) is 93.1 Å². The second-order valence-electron chi connectivity index (χ2n) is 7.70. The van der Waals surface area contributed by atoms with Crippen molar-refractivity contribution >= 4 is 47.1 Å². The van der Waals surface area contributed by atoms with Crippen LogP contribution in [0.1, 0.15) is 11.3 Å². The van der Waals surface area contributed by atoms with E-state index in [0.717, 1.165) is 16.2 Å². The molecule has 1 N–H and O–H groups in total. The monoisotopic (exact) mass is 528 g/mol. The molecule has 175 valence electrons. The van der Waals surface area contributed by atoms with Crippen LogP contribution in [0.3, 0.4) is 0 Å². The number of halogens is 2. The van der Waals surface area contributed by atoms with Gasteiger partial charge in [0.15, 0.2) is 0 Å². The molecule has 2 aromatic heterocycles. The molecule has 4 aromatic rings. The summed E-state index contributed by atoms with van der Waals surface area (Å²) in [6.07, 6.45) is 0. The summed E-state index contributed by atoms with van der Waals surface area (Å²) in [5.74, 6) is -1.74. The first kappa shape index (κ1) is 23.8. The first-order valence-electron chi connectivity index (χ1n) is 10.2. The Morgan fingerprint density at radius 2 is 1.88 bits per heavy atom. The van der Waals surface area contributed by atoms with Gasteiger partial charge in [0, 0.05) is 0 Å². The summed E-state index contributed by atoms with van der Waals surface area (Å²) in [4.78, 5) is 27.0. The van der Waals surface area contributed by atoms with Crippen molar-refractivity contribution in [2.24, 2.45) is 0 Å². The zero-order valence-corrected chi connectivity index (χ0v) is 20.5. The minimum atomic E-state index is -0.733. The third-order valence-electron chi connectivity index (χ3n) is 5.12. The molecular formula is C23H21AsF2N5O3. The fourth-order valence-corrected chi connectivity index (χ4v) is 5.65. The molecule has 8 nitrogen and oxygen atoms in total. The SMILES string of the molecule is COCC(=O)N(C)c1ccc2c([As]c3cc(C)[nH]n3)nn(Cc3cc(F)cc(F)c3)c(=O)c2c1. The Morgan fingerprint density at radius 1 is 1.15 bits per heavy atom. The second-order valence-corrected chi connectivity index (χ2v) is 10.0. The number of nitrogens with one attached hydrogen (secondary N) is 1. The molecule has 0 aliphatic heterocycles. The van der Waals surface area contributed by atoms with Crippen LogP contribution in [0.4, 0.5) is 14.5 Å². The van der Waals surface area contributed by atoms with E-state index in [9.17, 15) is 18.4 Å². The van der Waals surface area contributed by atoms with Gasteiger partial charge in [0.05, 0.1) is 0 Å². The number of carbonyl (C=O) groups is 1. The number of aromatic amines is 1. The summed E-state index contributed by atoms with van der Waals surface area (Å²) in [5.41, 5.74) is 1.25. The number of fused-ring (bicyclic) bond motifs is 1. The van der Waals surface area contributed by atoms with Crippen LogP contribution in [0, 0.1) is 18.6 Å². The standard InChI is InChI=1S/C23H21AsF2N5O3/c1-13-6-20(28-27-13)24-22-18-5-4-17(30(2)21(32)12-34-3)10-19(18)23(33)31(29-22)11-14-7-15(25)9-16(26)8-14/h4-10H,11-12H2,1-3H3,(H,27,28). The molecule has 2 aromatic carbocycles. The maximum atomic E-state index is 13.7. The normalized spacial score (nSPS) is 11.6. The number of likely N-dealkylation sites (N-methyl/N-ethyl adjacent to an activating group) is 1. The fraction of sp³-hybridized carbons (Fsp3) is 0.217. The Kier molecular flexibility index (Phi) is 6.90. The number of methoxy groups -OCH3 is 1. The third kappa shape index (κ3) is 5.08. The molecule has 0 aliphatic carbocycles. The number of amides is 1. The van der Waals surface area contributed by atoms with E-state index < -0.39 is 32.9 Å². The number of anilines is 1. The molecule has 0 bridgehead atoms. The number of carbonyl (C=O) groups excluding carboxylic acids is 1. The van der Waals surface area contributed by atoms with Gasteiger partial charge in [0.2, 0.25) is 0 Å².